The van der Waals surface area contributed by atoms with E-state index in [2.05, 4.69) is 35.9 Å². The van der Waals surface area contributed by atoms with Crippen LogP contribution in [0.1, 0.15) is 11.1 Å². The van der Waals surface area contributed by atoms with Crippen molar-refractivity contribution in [2.24, 2.45) is 0 Å². The normalized spacial score (nSPS) is 9.24. The van der Waals surface area contributed by atoms with Crippen molar-refractivity contribution in [3.63, 3.8) is 0 Å². The van der Waals surface area contributed by atoms with Crippen molar-refractivity contribution in [3.8, 4) is 0 Å². The summed E-state index contributed by atoms with van der Waals surface area (Å²) < 4.78 is 0. The first-order valence-corrected chi connectivity index (χ1v) is 5.20. The minimum Gasteiger partial charge on any atom is -0.412 e. The molecular formula is C14H16N2O. The second-order valence-electron chi connectivity index (χ2n) is 3.68. The van der Waals surface area contributed by atoms with Crippen LogP contribution in [0.25, 0.3) is 5.70 Å². The average Bonchev–Trinajstić information content (AvgIpc) is 2.31. The molecule has 3 heteroatoms. The van der Waals surface area contributed by atoms with Gasteiger partial charge in [-0.25, -0.2) is 4.98 Å². The molecule has 0 bridgehead atoms. The molecule has 0 saturated carbocycles. The molecular weight excluding hydrogens is 212 g/mol. The third-order valence-electron chi connectivity index (χ3n) is 2.34. The number of anilines is 1. The highest BCUT2D eigenvalue weighted by Gasteiger charge is 1.99. The fraction of sp³-hybridized carbons (Fsp3) is 0.0714. The van der Waals surface area contributed by atoms with Gasteiger partial charge in [-0.1, -0.05) is 42.5 Å². The van der Waals surface area contributed by atoms with Gasteiger partial charge in [0.1, 0.15) is 5.82 Å². The van der Waals surface area contributed by atoms with E-state index < -0.39 is 0 Å². The molecule has 0 atom stereocenters. The van der Waals surface area contributed by atoms with Crippen molar-refractivity contribution in [3.05, 3.63) is 66.4 Å². The standard InChI is InChI=1S/C14H14N2.H2O/c1-11-6-8-13(9-7-11)12(2)16-14-5-3-4-10-15-14;/h3-10H,2H2,1H3,(H,15,16);1H2. The Kier molecular flexibility index (Phi) is 4.43. The quantitative estimate of drug-likeness (QED) is 0.878. The van der Waals surface area contributed by atoms with Gasteiger partial charge in [-0.3, -0.25) is 0 Å². The number of nitrogens with zero attached hydrogens (tertiary/aromatic N) is 1. The molecule has 0 aliphatic heterocycles. The maximum absolute atomic E-state index is 4.19. The molecule has 0 spiro atoms. The zero-order valence-electron chi connectivity index (χ0n) is 9.77. The van der Waals surface area contributed by atoms with Crippen molar-refractivity contribution in [2.45, 2.75) is 6.92 Å². The summed E-state index contributed by atoms with van der Waals surface area (Å²) in [6.07, 6.45) is 1.75. The van der Waals surface area contributed by atoms with E-state index in [0.29, 0.717) is 0 Å². The van der Waals surface area contributed by atoms with E-state index in [9.17, 15) is 0 Å². The Morgan fingerprint density at radius 1 is 1.12 bits per heavy atom. The van der Waals surface area contributed by atoms with Crippen LogP contribution < -0.4 is 5.32 Å². The fourth-order valence-electron chi connectivity index (χ4n) is 1.42. The Balaban J connectivity index is 0.00000144. The first-order chi connectivity index (χ1) is 7.75. The summed E-state index contributed by atoms with van der Waals surface area (Å²) in [7, 11) is 0. The summed E-state index contributed by atoms with van der Waals surface area (Å²) in [6, 6.07) is 14.0. The minimum absolute atomic E-state index is 0. The molecule has 88 valence electrons. The van der Waals surface area contributed by atoms with Crippen molar-refractivity contribution in [1.29, 1.82) is 0 Å². The van der Waals surface area contributed by atoms with E-state index in [-0.39, 0.29) is 5.48 Å². The van der Waals surface area contributed by atoms with Crippen LogP contribution in [0.15, 0.2) is 55.2 Å². The van der Waals surface area contributed by atoms with E-state index in [1.165, 1.54) is 5.56 Å². The lowest BCUT2D eigenvalue weighted by Gasteiger charge is -2.08. The molecule has 1 aromatic carbocycles. The average molecular weight is 228 g/mol. The van der Waals surface area contributed by atoms with Gasteiger partial charge in [-0.05, 0) is 24.6 Å². The van der Waals surface area contributed by atoms with Gasteiger partial charge in [-0.2, -0.15) is 0 Å². The Labute approximate surface area is 101 Å². The second kappa shape index (κ2) is 5.82. The highest BCUT2D eigenvalue weighted by Crippen LogP contribution is 2.15. The van der Waals surface area contributed by atoms with Crippen LogP contribution in [-0.2, 0) is 0 Å². The van der Waals surface area contributed by atoms with E-state index in [0.717, 1.165) is 17.1 Å². The van der Waals surface area contributed by atoms with Gasteiger partial charge in [-0.15, -0.1) is 0 Å². The van der Waals surface area contributed by atoms with Crippen LogP contribution in [0.5, 0.6) is 0 Å². The van der Waals surface area contributed by atoms with E-state index >= 15 is 0 Å². The molecule has 3 N–H and O–H groups in total. The fourth-order valence-corrected chi connectivity index (χ4v) is 1.42. The van der Waals surface area contributed by atoms with Gasteiger partial charge in [0.2, 0.25) is 0 Å². The molecule has 1 heterocycles. The molecule has 3 nitrogen and oxygen atoms in total. The van der Waals surface area contributed by atoms with E-state index in [1.54, 1.807) is 6.20 Å². The van der Waals surface area contributed by atoms with Crippen LogP contribution in [-0.4, -0.2) is 10.5 Å². The number of aryl methyl sites for hydroxylation is 1. The number of hydrogen-bond donors (Lipinski definition) is 1. The maximum atomic E-state index is 4.19. The highest BCUT2D eigenvalue weighted by molar-refractivity contribution is 5.73. The summed E-state index contributed by atoms with van der Waals surface area (Å²) in [5, 5.41) is 3.17. The Hall–Kier alpha value is -2.13. The molecule has 0 aliphatic carbocycles. The van der Waals surface area contributed by atoms with Gasteiger partial charge in [0.15, 0.2) is 0 Å². The van der Waals surface area contributed by atoms with Gasteiger partial charge in [0.25, 0.3) is 0 Å². The number of benzene rings is 1. The van der Waals surface area contributed by atoms with Crippen molar-refractivity contribution in [2.75, 3.05) is 5.32 Å². The summed E-state index contributed by atoms with van der Waals surface area (Å²) in [5.41, 5.74) is 3.18. The summed E-state index contributed by atoms with van der Waals surface area (Å²) >= 11 is 0. The monoisotopic (exact) mass is 228 g/mol. The SMILES string of the molecule is C=C(Nc1ccccn1)c1ccc(C)cc1.O. The molecule has 1 aromatic heterocycles. The Morgan fingerprint density at radius 2 is 1.82 bits per heavy atom. The molecule has 17 heavy (non-hydrogen) atoms. The minimum atomic E-state index is 0. The zero-order valence-corrected chi connectivity index (χ0v) is 9.77. The summed E-state index contributed by atoms with van der Waals surface area (Å²) in [4.78, 5) is 4.19. The maximum Gasteiger partial charge on any atom is 0.130 e. The third-order valence-corrected chi connectivity index (χ3v) is 2.34. The first-order valence-electron chi connectivity index (χ1n) is 5.20. The molecule has 0 amide bonds. The molecule has 0 radical (unpaired) electrons. The Bertz CT molecular complexity index is 477. The lowest BCUT2D eigenvalue weighted by Crippen LogP contribution is -1.98. The van der Waals surface area contributed by atoms with Crippen LogP contribution in [0.4, 0.5) is 5.82 Å². The molecule has 0 saturated heterocycles. The van der Waals surface area contributed by atoms with Crippen LogP contribution in [0, 0.1) is 6.92 Å². The van der Waals surface area contributed by atoms with Gasteiger partial charge in [0.05, 0.1) is 0 Å². The van der Waals surface area contributed by atoms with Crippen molar-refractivity contribution < 1.29 is 5.48 Å². The molecule has 2 aromatic rings. The number of rotatable bonds is 3. The Morgan fingerprint density at radius 3 is 2.41 bits per heavy atom. The van der Waals surface area contributed by atoms with E-state index in [4.69, 9.17) is 0 Å². The van der Waals surface area contributed by atoms with Crippen LogP contribution >= 0.6 is 0 Å². The molecule has 0 aliphatic rings. The van der Waals surface area contributed by atoms with Gasteiger partial charge in [0, 0.05) is 11.9 Å². The summed E-state index contributed by atoms with van der Waals surface area (Å²) in [6.45, 7) is 6.07. The van der Waals surface area contributed by atoms with Crippen molar-refractivity contribution >= 4 is 11.5 Å². The molecule has 2 rings (SSSR count). The predicted octanol–water partition coefficient (Wildman–Crippen LogP) is 2.65. The second-order valence-corrected chi connectivity index (χ2v) is 3.68. The smallest absolute Gasteiger partial charge is 0.130 e. The number of aromatic nitrogens is 1. The van der Waals surface area contributed by atoms with Crippen molar-refractivity contribution in [1.82, 2.24) is 4.98 Å². The van der Waals surface area contributed by atoms with E-state index in [1.807, 2.05) is 30.3 Å². The largest absolute Gasteiger partial charge is 0.412 e. The number of nitrogens with one attached hydrogen (secondary N) is 1. The van der Waals surface area contributed by atoms with Crippen LogP contribution in [0.3, 0.4) is 0 Å². The van der Waals surface area contributed by atoms with Gasteiger partial charge >= 0.3 is 0 Å². The topological polar surface area (TPSA) is 56.4 Å². The number of hydrogen-bond acceptors (Lipinski definition) is 2. The third kappa shape index (κ3) is 3.43. The lowest BCUT2D eigenvalue weighted by atomic mass is 10.1. The van der Waals surface area contributed by atoms with Gasteiger partial charge < -0.3 is 10.8 Å². The predicted molar refractivity (Wildman–Crippen MR) is 71.7 cm³/mol. The molecule has 0 unspecified atom stereocenters. The summed E-state index contributed by atoms with van der Waals surface area (Å²) in [5.74, 6) is 0.813. The number of pyridine rings is 1. The first kappa shape index (κ1) is 12.9. The zero-order chi connectivity index (χ0) is 11.4. The molecule has 0 fully saturated rings. The van der Waals surface area contributed by atoms with Crippen LogP contribution in [0.2, 0.25) is 0 Å². The highest BCUT2D eigenvalue weighted by atomic mass is 16.0. The lowest BCUT2D eigenvalue weighted by molar-refractivity contribution is 0.824.